The molecule has 0 spiro atoms. The Morgan fingerprint density at radius 3 is 2.31 bits per heavy atom. The number of carbonyl (C=O) groups is 2. The van der Waals surface area contributed by atoms with E-state index < -0.39 is 38.1 Å². The van der Waals surface area contributed by atoms with E-state index in [0.717, 1.165) is 12.8 Å². The normalized spacial score (nSPS) is 24.5. The van der Waals surface area contributed by atoms with Crippen LogP contribution in [-0.4, -0.2) is 57.4 Å². The summed E-state index contributed by atoms with van der Waals surface area (Å²) in [4.78, 5) is 25.4. The molecule has 0 radical (unpaired) electrons. The summed E-state index contributed by atoms with van der Waals surface area (Å²) >= 11 is 0. The third-order valence-electron chi connectivity index (χ3n) is 7.11. The van der Waals surface area contributed by atoms with Crippen molar-refractivity contribution in [1.82, 2.24) is 5.32 Å². The van der Waals surface area contributed by atoms with Gasteiger partial charge in [-0.1, -0.05) is 57.5 Å². The van der Waals surface area contributed by atoms with Crippen molar-refractivity contribution in [1.29, 1.82) is 0 Å². The number of ether oxygens (including phenoxy) is 3. The number of rotatable bonds is 7. The van der Waals surface area contributed by atoms with Crippen LogP contribution in [0.2, 0.25) is 18.1 Å². The lowest BCUT2D eigenvalue weighted by Gasteiger charge is -2.44. The first-order valence-electron chi connectivity index (χ1n) is 12.6. The summed E-state index contributed by atoms with van der Waals surface area (Å²) in [5.41, 5.74) is 0.493. The highest BCUT2D eigenvalue weighted by molar-refractivity contribution is 6.74. The summed E-state index contributed by atoms with van der Waals surface area (Å²) in [5.74, 6) is -0.577. The molecule has 35 heavy (non-hydrogen) atoms. The van der Waals surface area contributed by atoms with E-state index >= 15 is 0 Å². The molecular formula is C27H45NO6Si. The summed E-state index contributed by atoms with van der Waals surface area (Å²) < 4.78 is 24.2. The van der Waals surface area contributed by atoms with E-state index in [2.05, 4.69) is 51.3 Å². The number of hydrogen-bond acceptors (Lipinski definition) is 6. The second kappa shape index (κ2) is 11.9. The van der Waals surface area contributed by atoms with Gasteiger partial charge in [0.1, 0.15) is 11.7 Å². The highest BCUT2D eigenvalue weighted by atomic mass is 28.4. The summed E-state index contributed by atoms with van der Waals surface area (Å²) in [6, 6.07) is 9.25. The van der Waals surface area contributed by atoms with Gasteiger partial charge in [0.05, 0.1) is 19.3 Å². The first-order chi connectivity index (χ1) is 16.1. The molecule has 1 fully saturated rings. The average molecular weight is 508 g/mol. The molecule has 1 amide bonds. The number of hydrogen-bond donors (Lipinski definition) is 1. The Morgan fingerprint density at radius 2 is 1.74 bits per heavy atom. The maximum absolute atomic E-state index is 13.0. The second-order valence-electron chi connectivity index (χ2n) is 11.7. The molecule has 1 aliphatic rings. The van der Waals surface area contributed by atoms with Gasteiger partial charge < -0.3 is 24.0 Å². The van der Waals surface area contributed by atoms with Crippen molar-refractivity contribution in [2.45, 2.75) is 103 Å². The van der Waals surface area contributed by atoms with Gasteiger partial charge in [0.2, 0.25) is 0 Å². The second-order valence-corrected chi connectivity index (χ2v) is 16.3. The van der Waals surface area contributed by atoms with Crippen LogP contribution in [0, 0.1) is 5.92 Å². The highest BCUT2D eigenvalue weighted by Gasteiger charge is 2.45. The summed E-state index contributed by atoms with van der Waals surface area (Å²) in [6.45, 7) is 18.7. The number of benzene rings is 1. The van der Waals surface area contributed by atoms with Crippen molar-refractivity contribution in [3.8, 4) is 0 Å². The van der Waals surface area contributed by atoms with Crippen LogP contribution in [0.15, 0.2) is 30.3 Å². The Hall–Kier alpha value is -1.90. The Morgan fingerprint density at radius 1 is 1.11 bits per heavy atom. The molecule has 0 aromatic heterocycles. The van der Waals surface area contributed by atoms with Gasteiger partial charge in [0.25, 0.3) is 0 Å². The van der Waals surface area contributed by atoms with Crippen molar-refractivity contribution in [2.24, 2.45) is 5.92 Å². The van der Waals surface area contributed by atoms with Crippen LogP contribution in [-0.2, 0) is 29.9 Å². The quantitative estimate of drug-likeness (QED) is 0.389. The van der Waals surface area contributed by atoms with Gasteiger partial charge in [0, 0.05) is 5.92 Å². The van der Waals surface area contributed by atoms with Crippen LogP contribution in [0.3, 0.4) is 0 Å². The molecule has 1 heterocycles. The predicted molar refractivity (Wildman–Crippen MR) is 140 cm³/mol. The molecule has 4 atom stereocenters. The zero-order chi connectivity index (χ0) is 26.4. The average Bonchev–Trinajstić information content (AvgIpc) is 2.79. The fourth-order valence-electron chi connectivity index (χ4n) is 3.98. The minimum absolute atomic E-state index is 0.00405. The molecule has 0 bridgehead atoms. The smallest absolute Gasteiger partial charge is 0.408 e. The molecule has 4 unspecified atom stereocenters. The van der Waals surface area contributed by atoms with Crippen LogP contribution in [0.25, 0.3) is 0 Å². The van der Waals surface area contributed by atoms with E-state index in [-0.39, 0.29) is 23.7 Å². The Balaban J connectivity index is 2.31. The van der Waals surface area contributed by atoms with Crippen LogP contribution in [0.4, 0.5) is 4.79 Å². The van der Waals surface area contributed by atoms with Gasteiger partial charge in [-0.05, 0) is 57.8 Å². The van der Waals surface area contributed by atoms with E-state index in [1.807, 2.05) is 25.1 Å². The number of carbonyl (C=O) groups excluding carboxylic acids is 2. The first kappa shape index (κ1) is 29.3. The van der Waals surface area contributed by atoms with E-state index in [1.54, 1.807) is 20.8 Å². The number of cyclic esters (lactones) is 1. The molecule has 1 aromatic rings. The standard InChI is InChI=1S/C27H45NO6Si/c1-10-27(6,7)35(8,9)34-23-19(2)32-24(29)22(28-25(30)33-26(3,4)5)18-31-17-21(23)16-20-14-12-11-13-15-20/h11-15,19,21-23H,10,16-18H2,1-9H3,(H,28,30). The summed E-state index contributed by atoms with van der Waals surface area (Å²) in [7, 11) is -2.20. The molecule has 1 N–H and O–H groups in total. The van der Waals surface area contributed by atoms with Gasteiger partial charge in [0.15, 0.2) is 14.4 Å². The monoisotopic (exact) mass is 507 g/mol. The molecule has 8 heteroatoms. The summed E-state index contributed by atoms with van der Waals surface area (Å²) in [6.07, 6.45) is 0.192. The van der Waals surface area contributed by atoms with Gasteiger partial charge in [-0.2, -0.15) is 0 Å². The van der Waals surface area contributed by atoms with Crippen molar-refractivity contribution >= 4 is 20.4 Å². The minimum Gasteiger partial charge on any atom is -0.458 e. The summed E-state index contributed by atoms with van der Waals surface area (Å²) in [5, 5.41) is 2.65. The van der Waals surface area contributed by atoms with E-state index in [0.29, 0.717) is 6.61 Å². The number of alkyl carbamates (subject to hydrolysis) is 1. The van der Waals surface area contributed by atoms with Gasteiger partial charge >= 0.3 is 12.1 Å². The van der Waals surface area contributed by atoms with E-state index in [1.165, 1.54) is 5.56 Å². The maximum atomic E-state index is 13.0. The van der Waals surface area contributed by atoms with Gasteiger partial charge in [-0.15, -0.1) is 0 Å². The number of esters is 1. The molecule has 198 valence electrons. The molecule has 0 saturated carbocycles. The van der Waals surface area contributed by atoms with Crippen LogP contribution in [0.1, 0.15) is 60.5 Å². The lowest BCUT2D eigenvalue weighted by molar-refractivity contribution is -0.156. The van der Waals surface area contributed by atoms with Crippen molar-refractivity contribution < 1.29 is 28.2 Å². The fourth-order valence-corrected chi connectivity index (χ4v) is 6.21. The van der Waals surface area contributed by atoms with Crippen molar-refractivity contribution in [2.75, 3.05) is 13.2 Å². The Kier molecular flexibility index (Phi) is 9.96. The minimum atomic E-state index is -2.20. The SMILES string of the molecule is CCC(C)(C)[Si](C)(C)OC1C(Cc2ccccc2)COCC(NC(=O)OC(C)(C)C)C(=O)OC1C. The zero-order valence-electron chi connectivity index (χ0n) is 23.0. The lowest BCUT2D eigenvalue weighted by Crippen LogP contribution is -2.52. The predicted octanol–water partition coefficient (Wildman–Crippen LogP) is 5.48. The zero-order valence-corrected chi connectivity index (χ0v) is 24.0. The molecular weight excluding hydrogens is 462 g/mol. The maximum Gasteiger partial charge on any atom is 0.408 e. The topological polar surface area (TPSA) is 83.1 Å². The number of amides is 1. The van der Waals surface area contributed by atoms with Crippen LogP contribution < -0.4 is 5.32 Å². The molecule has 7 nitrogen and oxygen atoms in total. The first-order valence-corrected chi connectivity index (χ1v) is 15.6. The lowest BCUT2D eigenvalue weighted by atomic mass is 9.92. The Bertz CT molecular complexity index is 836. The molecule has 2 rings (SSSR count). The third-order valence-corrected chi connectivity index (χ3v) is 11.6. The molecule has 0 aliphatic carbocycles. The van der Waals surface area contributed by atoms with Gasteiger partial charge in [-0.25, -0.2) is 9.59 Å². The van der Waals surface area contributed by atoms with Gasteiger partial charge in [-0.3, -0.25) is 0 Å². The molecule has 1 aromatic carbocycles. The van der Waals surface area contributed by atoms with E-state index in [4.69, 9.17) is 18.6 Å². The van der Waals surface area contributed by atoms with Crippen LogP contribution >= 0.6 is 0 Å². The van der Waals surface area contributed by atoms with Crippen molar-refractivity contribution in [3.63, 3.8) is 0 Å². The molecule has 1 aliphatic heterocycles. The largest absolute Gasteiger partial charge is 0.458 e. The highest BCUT2D eigenvalue weighted by Crippen LogP contribution is 2.42. The fraction of sp³-hybridized carbons (Fsp3) is 0.704. The van der Waals surface area contributed by atoms with E-state index in [9.17, 15) is 9.59 Å². The third kappa shape index (κ3) is 8.61. The number of nitrogens with one attached hydrogen (secondary N) is 1. The Labute approximate surface area is 212 Å². The molecule has 1 saturated heterocycles. The van der Waals surface area contributed by atoms with Crippen molar-refractivity contribution in [3.05, 3.63) is 35.9 Å². The van der Waals surface area contributed by atoms with Crippen LogP contribution in [0.5, 0.6) is 0 Å².